The van der Waals surface area contributed by atoms with Crippen LogP contribution in [0, 0.1) is 0 Å². The average molecular weight is 306 g/mol. The minimum absolute atomic E-state index is 0.104. The van der Waals surface area contributed by atoms with Crippen LogP contribution in [-0.2, 0) is 6.54 Å². The lowest BCUT2D eigenvalue weighted by Crippen LogP contribution is -2.27. The molecule has 0 spiro atoms. The van der Waals surface area contributed by atoms with Crippen molar-refractivity contribution in [3.05, 3.63) is 58.6 Å². The molecule has 0 atom stereocenters. The highest BCUT2D eigenvalue weighted by molar-refractivity contribution is 9.10. The summed E-state index contributed by atoms with van der Waals surface area (Å²) in [5, 5.41) is 0. The van der Waals surface area contributed by atoms with Gasteiger partial charge < -0.3 is 4.90 Å². The first-order valence-electron chi connectivity index (χ1n) is 5.44. The van der Waals surface area contributed by atoms with Gasteiger partial charge in [0.05, 0.1) is 0 Å². The molecule has 0 aromatic carbocycles. The van der Waals surface area contributed by atoms with Crippen molar-refractivity contribution in [3.63, 3.8) is 0 Å². The van der Waals surface area contributed by atoms with Gasteiger partial charge in [0.15, 0.2) is 0 Å². The van der Waals surface area contributed by atoms with Gasteiger partial charge in [-0.05, 0) is 45.8 Å². The second kappa shape index (κ2) is 5.73. The van der Waals surface area contributed by atoms with E-state index < -0.39 is 0 Å². The number of pyridine rings is 2. The molecule has 0 radical (unpaired) electrons. The van der Waals surface area contributed by atoms with Crippen molar-refractivity contribution in [2.24, 2.45) is 0 Å². The standard InChI is InChI=1S/C13H12BrN3O/c1-17(9-10-5-7-15-8-6-10)13(18)11-3-2-4-12(14)16-11/h2-8H,9H2,1H3. The lowest BCUT2D eigenvalue weighted by molar-refractivity contribution is 0.0779. The Bertz CT molecular complexity index is 545. The van der Waals surface area contributed by atoms with Crippen LogP contribution in [0.2, 0.25) is 0 Å². The smallest absolute Gasteiger partial charge is 0.272 e. The highest BCUT2D eigenvalue weighted by atomic mass is 79.9. The van der Waals surface area contributed by atoms with Gasteiger partial charge in [-0.3, -0.25) is 9.78 Å². The fraction of sp³-hybridized carbons (Fsp3) is 0.154. The molecule has 2 heterocycles. The molecule has 0 aliphatic heterocycles. The van der Waals surface area contributed by atoms with Gasteiger partial charge in [-0.15, -0.1) is 0 Å². The molecule has 0 bridgehead atoms. The molecule has 4 nitrogen and oxygen atoms in total. The van der Waals surface area contributed by atoms with E-state index in [1.54, 1.807) is 42.5 Å². The van der Waals surface area contributed by atoms with E-state index in [1.807, 2.05) is 12.1 Å². The fourth-order valence-corrected chi connectivity index (χ4v) is 1.90. The van der Waals surface area contributed by atoms with E-state index >= 15 is 0 Å². The van der Waals surface area contributed by atoms with Gasteiger partial charge in [-0.2, -0.15) is 0 Å². The minimum atomic E-state index is -0.104. The first-order valence-corrected chi connectivity index (χ1v) is 6.23. The number of aromatic nitrogens is 2. The normalized spacial score (nSPS) is 10.1. The number of hydrogen-bond donors (Lipinski definition) is 0. The maximum Gasteiger partial charge on any atom is 0.272 e. The van der Waals surface area contributed by atoms with Crippen LogP contribution in [0.25, 0.3) is 0 Å². The van der Waals surface area contributed by atoms with Crippen LogP contribution >= 0.6 is 15.9 Å². The number of nitrogens with zero attached hydrogens (tertiary/aromatic N) is 3. The van der Waals surface area contributed by atoms with Crippen molar-refractivity contribution in [2.45, 2.75) is 6.54 Å². The van der Waals surface area contributed by atoms with Crippen LogP contribution in [0.3, 0.4) is 0 Å². The first-order chi connectivity index (χ1) is 8.66. The molecule has 0 unspecified atom stereocenters. The quantitative estimate of drug-likeness (QED) is 0.819. The molecule has 2 aromatic heterocycles. The molecule has 0 aliphatic rings. The van der Waals surface area contributed by atoms with Crippen LogP contribution in [0.15, 0.2) is 47.3 Å². The summed E-state index contributed by atoms with van der Waals surface area (Å²) in [6.07, 6.45) is 3.43. The molecule has 0 N–H and O–H groups in total. The van der Waals surface area contributed by atoms with E-state index in [1.165, 1.54) is 0 Å². The molecule has 92 valence electrons. The highest BCUT2D eigenvalue weighted by Crippen LogP contribution is 2.10. The van der Waals surface area contributed by atoms with Gasteiger partial charge >= 0.3 is 0 Å². The van der Waals surface area contributed by atoms with Crippen molar-refractivity contribution < 1.29 is 4.79 Å². The summed E-state index contributed by atoms with van der Waals surface area (Å²) in [6, 6.07) is 9.07. The Hall–Kier alpha value is -1.75. The van der Waals surface area contributed by atoms with E-state index in [2.05, 4.69) is 25.9 Å². The van der Waals surface area contributed by atoms with Crippen LogP contribution in [0.4, 0.5) is 0 Å². The predicted octanol–water partition coefficient (Wildman–Crippen LogP) is 2.51. The summed E-state index contributed by atoms with van der Waals surface area (Å²) in [5.74, 6) is -0.104. The third-order valence-electron chi connectivity index (χ3n) is 2.45. The summed E-state index contributed by atoms with van der Waals surface area (Å²) in [6.45, 7) is 0.537. The monoisotopic (exact) mass is 305 g/mol. The van der Waals surface area contributed by atoms with Gasteiger partial charge in [-0.25, -0.2) is 4.98 Å². The fourth-order valence-electron chi connectivity index (χ4n) is 1.56. The van der Waals surface area contributed by atoms with Crippen molar-refractivity contribution >= 4 is 21.8 Å². The zero-order chi connectivity index (χ0) is 13.0. The second-order valence-corrected chi connectivity index (χ2v) is 4.67. The van der Waals surface area contributed by atoms with Crippen LogP contribution in [0.1, 0.15) is 16.1 Å². The zero-order valence-corrected chi connectivity index (χ0v) is 11.5. The summed E-state index contributed by atoms with van der Waals surface area (Å²) < 4.78 is 0.658. The van der Waals surface area contributed by atoms with Gasteiger partial charge in [-0.1, -0.05) is 6.07 Å². The first kappa shape index (κ1) is 12.7. The molecule has 0 fully saturated rings. The Morgan fingerprint density at radius 1 is 1.28 bits per heavy atom. The van der Waals surface area contributed by atoms with E-state index in [-0.39, 0.29) is 5.91 Å². The number of amides is 1. The Kier molecular flexibility index (Phi) is 4.04. The third-order valence-corrected chi connectivity index (χ3v) is 2.89. The van der Waals surface area contributed by atoms with Gasteiger partial charge in [0, 0.05) is 26.0 Å². The summed E-state index contributed by atoms with van der Waals surface area (Å²) in [7, 11) is 1.76. The van der Waals surface area contributed by atoms with Crippen LogP contribution in [0.5, 0.6) is 0 Å². The molecule has 0 aliphatic carbocycles. The summed E-state index contributed by atoms with van der Waals surface area (Å²) in [4.78, 5) is 21.9. The average Bonchev–Trinajstić information content (AvgIpc) is 2.39. The van der Waals surface area contributed by atoms with Crippen molar-refractivity contribution in [2.75, 3.05) is 7.05 Å². The van der Waals surface area contributed by atoms with Gasteiger partial charge in [0.25, 0.3) is 5.91 Å². The van der Waals surface area contributed by atoms with Crippen molar-refractivity contribution in [1.29, 1.82) is 0 Å². The third kappa shape index (κ3) is 3.13. The number of carbonyl (C=O) groups excluding carboxylic acids is 1. The predicted molar refractivity (Wildman–Crippen MR) is 72.0 cm³/mol. The lowest BCUT2D eigenvalue weighted by atomic mass is 10.2. The van der Waals surface area contributed by atoms with Crippen LogP contribution in [-0.4, -0.2) is 27.8 Å². The lowest BCUT2D eigenvalue weighted by Gasteiger charge is -2.16. The van der Waals surface area contributed by atoms with Crippen LogP contribution < -0.4 is 0 Å². The Morgan fingerprint density at radius 2 is 2.00 bits per heavy atom. The van der Waals surface area contributed by atoms with E-state index in [0.717, 1.165) is 5.56 Å². The van der Waals surface area contributed by atoms with E-state index in [9.17, 15) is 4.79 Å². The molecule has 1 amide bonds. The Morgan fingerprint density at radius 3 is 2.67 bits per heavy atom. The molecule has 0 saturated carbocycles. The Balaban J connectivity index is 2.10. The zero-order valence-electron chi connectivity index (χ0n) is 9.88. The Labute approximate surface area is 114 Å². The summed E-state index contributed by atoms with van der Waals surface area (Å²) >= 11 is 3.26. The molecular weight excluding hydrogens is 294 g/mol. The van der Waals surface area contributed by atoms with Crippen molar-refractivity contribution in [3.8, 4) is 0 Å². The van der Waals surface area contributed by atoms with Crippen molar-refractivity contribution in [1.82, 2.24) is 14.9 Å². The van der Waals surface area contributed by atoms with Gasteiger partial charge in [0.1, 0.15) is 10.3 Å². The number of carbonyl (C=O) groups is 1. The number of hydrogen-bond acceptors (Lipinski definition) is 3. The van der Waals surface area contributed by atoms with Gasteiger partial charge in [0.2, 0.25) is 0 Å². The molecular formula is C13H12BrN3O. The maximum absolute atomic E-state index is 12.1. The minimum Gasteiger partial charge on any atom is -0.336 e. The highest BCUT2D eigenvalue weighted by Gasteiger charge is 2.13. The maximum atomic E-state index is 12.1. The number of rotatable bonds is 3. The molecule has 0 saturated heterocycles. The topological polar surface area (TPSA) is 46.1 Å². The largest absolute Gasteiger partial charge is 0.336 e. The molecule has 2 rings (SSSR count). The second-order valence-electron chi connectivity index (χ2n) is 3.86. The van der Waals surface area contributed by atoms with E-state index in [0.29, 0.717) is 16.8 Å². The van der Waals surface area contributed by atoms with E-state index in [4.69, 9.17) is 0 Å². The molecule has 18 heavy (non-hydrogen) atoms. The SMILES string of the molecule is CN(Cc1ccncc1)C(=O)c1cccc(Br)n1. The summed E-state index contributed by atoms with van der Waals surface area (Å²) in [5.41, 5.74) is 1.47. The molecule has 2 aromatic rings. The number of halogens is 1. The molecule has 5 heteroatoms.